The lowest BCUT2D eigenvalue weighted by atomic mass is 9.95. The number of fused-ring (bicyclic) bond motifs is 1. The number of allylic oxidation sites excluding steroid dienone is 1. The predicted octanol–water partition coefficient (Wildman–Crippen LogP) is 5.75. The molecule has 1 aliphatic rings. The minimum absolute atomic E-state index is 0.242. The number of halogens is 2. The molecule has 41 heavy (non-hydrogen) atoms. The first-order chi connectivity index (χ1) is 19.8. The van der Waals surface area contributed by atoms with Gasteiger partial charge in [-0.15, -0.1) is 0 Å². The molecule has 0 saturated heterocycles. The molecule has 0 fully saturated rings. The van der Waals surface area contributed by atoms with Crippen molar-refractivity contribution in [1.82, 2.24) is 4.57 Å². The number of ether oxygens (including phenoxy) is 3. The van der Waals surface area contributed by atoms with Gasteiger partial charge in [0.15, 0.2) is 16.3 Å². The smallest absolute Gasteiger partial charge is 0.338 e. The van der Waals surface area contributed by atoms with Crippen LogP contribution in [0.5, 0.6) is 11.5 Å². The lowest BCUT2D eigenvalue weighted by Crippen LogP contribution is -2.40. The molecule has 10 heteroatoms. The van der Waals surface area contributed by atoms with Gasteiger partial charge >= 0.3 is 5.97 Å². The highest BCUT2D eigenvalue weighted by molar-refractivity contribution is 14.1. The predicted molar refractivity (Wildman–Crippen MR) is 171 cm³/mol. The molecule has 4 aromatic rings. The van der Waals surface area contributed by atoms with Gasteiger partial charge in [0.25, 0.3) is 5.56 Å². The molecule has 0 saturated carbocycles. The van der Waals surface area contributed by atoms with Gasteiger partial charge in [-0.1, -0.05) is 60.7 Å². The van der Waals surface area contributed by atoms with E-state index in [1.165, 1.54) is 18.4 Å². The van der Waals surface area contributed by atoms with E-state index in [4.69, 9.17) is 19.2 Å². The number of hydrogen-bond donors (Lipinski definition) is 0. The molecule has 1 aromatic heterocycles. The molecule has 5 rings (SSSR count). The van der Waals surface area contributed by atoms with Crippen molar-refractivity contribution >= 4 is 61.9 Å². The van der Waals surface area contributed by atoms with Crippen molar-refractivity contribution in [2.45, 2.75) is 26.0 Å². The number of hydrogen-bond acceptors (Lipinski definition) is 7. The van der Waals surface area contributed by atoms with Crippen LogP contribution in [0.15, 0.2) is 92.3 Å². The lowest BCUT2D eigenvalue weighted by molar-refractivity contribution is -0.136. The summed E-state index contributed by atoms with van der Waals surface area (Å²) in [5, 5.41) is 0. The van der Waals surface area contributed by atoms with Crippen LogP contribution in [-0.2, 0) is 16.1 Å². The van der Waals surface area contributed by atoms with Crippen molar-refractivity contribution in [3.8, 4) is 11.5 Å². The third kappa shape index (κ3) is 6.05. The van der Waals surface area contributed by atoms with Gasteiger partial charge < -0.3 is 14.2 Å². The summed E-state index contributed by atoms with van der Waals surface area (Å²) in [7, 11) is 2.92. The van der Waals surface area contributed by atoms with Gasteiger partial charge in [0.2, 0.25) is 0 Å². The van der Waals surface area contributed by atoms with E-state index in [1.54, 1.807) is 17.8 Å². The fraction of sp³-hybridized carbons (Fsp3) is 0.194. The number of methoxy groups -OCH3 is 2. The van der Waals surface area contributed by atoms with Crippen LogP contribution < -0.4 is 24.4 Å². The minimum atomic E-state index is -0.643. The molecule has 0 unspecified atom stereocenters. The molecule has 0 bridgehead atoms. The number of aromatic nitrogens is 1. The number of carbonyl (C=O) groups is 1. The van der Waals surface area contributed by atoms with Crippen molar-refractivity contribution in [3.63, 3.8) is 0 Å². The van der Waals surface area contributed by atoms with E-state index >= 15 is 0 Å². The number of esters is 1. The SMILES string of the molecule is CCC1=C(C(=O)OC)[C@@H](c2ccccc2)n2c(s/c(=C\c3cc(Br)c(OCc4ccc(I)cc4)c(OC)c3)c2=O)=N1. The van der Waals surface area contributed by atoms with Crippen LogP contribution >= 0.6 is 49.9 Å². The van der Waals surface area contributed by atoms with Crippen LogP contribution in [0, 0.1) is 3.57 Å². The van der Waals surface area contributed by atoms with Gasteiger partial charge in [-0.25, -0.2) is 9.79 Å². The first-order valence-electron chi connectivity index (χ1n) is 12.8. The molecule has 0 spiro atoms. The van der Waals surface area contributed by atoms with E-state index in [0.717, 1.165) is 20.3 Å². The molecular weight excluding hydrogens is 719 g/mol. The molecule has 0 N–H and O–H groups in total. The van der Waals surface area contributed by atoms with Crippen LogP contribution in [-0.4, -0.2) is 24.8 Å². The summed E-state index contributed by atoms with van der Waals surface area (Å²) >= 11 is 7.17. The fourth-order valence-electron chi connectivity index (χ4n) is 4.67. The molecule has 1 aliphatic heterocycles. The number of carbonyl (C=O) groups excluding carboxylic acids is 1. The zero-order valence-corrected chi connectivity index (χ0v) is 27.1. The Morgan fingerprint density at radius 2 is 1.85 bits per heavy atom. The Morgan fingerprint density at radius 3 is 2.51 bits per heavy atom. The molecule has 210 valence electrons. The van der Waals surface area contributed by atoms with Crippen molar-refractivity contribution in [1.29, 1.82) is 0 Å². The summed E-state index contributed by atoms with van der Waals surface area (Å²) in [6.45, 7) is 2.32. The van der Waals surface area contributed by atoms with Gasteiger partial charge in [0.05, 0.1) is 40.5 Å². The highest BCUT2D eigenvalue weighted by Gasteiger charge is 2.33. The molecule has 0 radical (unpaired) electrons. The summed E-state index contributed by atoms with van der Waals surface area (Å²) < 4.78 is 20.8. The van der Waals surface area contributed by atoms with Crippen molar-refractivity contribution in [3.05, 3.63) is 122 Å². The maximum absolute atomic E-state index is 13.9. The van der Waals surface area contributed by atoms with Gasteiger partial charge in [0, 0.05) is 3.57 Å². The van der Waals surface area contributed by atoms with Gasteiger partial charge in [-0.3, -0.25) is 9.36 Å². The van der Waals surface area contributed by atoms with Crippen molar-refractivity contribution in [2.24, 2.45) is 4.99 Å². The lowest BCUT2D eigenvalue weighted by Gasteiger charge is -2.25. The van der Waals surface area contributed by atoms with Crippen LogP contribution in [0.1, 0.15) is 36.1 Å². The second-order valence-corrected chi connectivity index (χ2v) is 12.3. The van der Waals surface area contributed by atoms with Gasteiger partial charge in [0.1, 0.15) is 6.61 Å². The first-order valence-corrected chi connectivity index (χ1v) is 15.5. The highest BCUT2D eigenvalue weighted by atomic mass is 127. The maximum atomic E-state index is 13.9. The Bertz CT molecular complexity index is 1810. The van der Waals surface area contributed by atoms with E-state index in [2.05, 4.69) is 38.5 Å². The molecule has 7 nitrogen and oxygen atoms in total. The van der Waals surface area contributed by atoms with E-state index in [0.29, 0.717) is 49.6 Å². The Balaban J connectivity index is 1.58. The zero-order chi connectivity index (χ0) is 29.1. The average molecular weight is 745 g/mol. The largest absolute Gasteiger partial charge is 0.493 e. The number of benzene rings is 3. The van der Waals surface area contributed by atoms with Crippen LogP contribution in [0.4, 0.5) is 0 Å². The Labute approximate surface area is 263 Å². The normalized spacial score (nSPS) is 14.9. The molecule has 0 amide bonds. The van der Waals surface area contributed by atoms with Crippen LogP contribution in [0.3, 0.4) is 0 Å². The third-order valence-electron chi connectivity index (χ3n) is 6.61. The molecule has 2 heterocycles. The Morgan fingerprint density at radius 1 is 1.12 bits per heavy atom. The number of nitrogens with zero attached hydrogens (tertiary/aromatic N) is 2. The molecule has 0 aliphatic carbocycles. The maximum Gasteiger partial charge on any atom is 0.338 e. The second-order valence-electron chi connectivity index (χ2n) is 9.15. The summed E-state index contributed by atoms with van der Waals surface area (Å²) in [5.74, 6) is 0.611. The van der Waals surface area contributed by atoms with E-state index in [-0.39, 0.29) is 5.56 Å². The van der Waals surface area contributed by atoms with E-state index in [1.807, 2.05) is 73.7 Å². The molecule has 3 aromatic carbocycles. The summed E-state index contributed by atoms with van der Waals surface area (Å²) in [4.78, 5) is 32.1. The van der Waals surface area contributed by atoms with E-state index < -0.39 is 12.0 Å². The molecule has 1 atom stereocenters. The van der Waals surface area contributed by atoms with Crippen molar-refractivity contribution < 1.29 is 19.0 Å². The summed E-state index contributed by atoms with van der Waals surface area (Å²) in [6, 6.07) is 20.7. The first kappa shape index (κ1) is 29.3. The average Bonchev–Trinajstić information content (AvgIpc) is 3.30. The van der Waals surface area contributed by atoms with Gasteiger partial charge in [-0.2, -0.15) is 0 Å². The summed E-state index contributed by atoms with van der Waals surface area (Å²) in [5.41, 5.74) is 3.33. The third-order valence-corrected chi connectivity index (χ3v) is 8.90. The van der Waals surface area contributed by atoms with Crippen LogP contribution in [0.25, 0.3) is 6.08 Å². The Kier molecular flexibility index (Phi) is 9.10. The zero-order valence-electron chi connectivity index (χ0n) is 22.5. The fourth-order valence-corrected chi connectivity index (χ4v) is 6.62. The number of thiazole rings is 1. The minimum Gasteiger partial charge on any atom is -0.493 e. The van der Waals surface area contributed by atoms with Gasteiger partial charge in [-0.05, 0) is 92.0 Å². The monoisotopic (exact) mass is 744 g/mol. The second kappa shape index (κ2) is 12.7. The highest BCUT2D eigenvalue weighted by Crippen LogP contribution is 2.37. The van der Waals surface area contributed by atoms with Crippen molar-refractivity contribution in [2.75, 3.05) is 14.2 Å². The number of rotatable bonds is 8. The molecular formula is C31H26BrIN2O5S. The topological polar surface area (TPSA) is 79.1 Å². The van der Waals surface area contributed by atoms with E-state index in [9.17, 15) is 9.59 Å². The summed E-state index contributed by atoms with van der Waals surface area (Å²) in [6.07, 6.45) is 2.32. The quantitative estimate of drug-likeness (QED) is 0.170. The Hall–Kier alpha value is -3.22. The van der Waals surface area contributed by atoms with Crippen LogP contribution in [0.2, 0.25) is 0 Å². The standard InChI is InChI=1S/C31H26BrIN2O5S/c1-4-23-26(30(37)39-3)27(20-8-6-5-7-9-20)35-29(36)25(41-31(35)34-23)16-19-14-22(32)28(24(15-19)38-2)40-17-18-10-12-21(33)13-11-18/h5-16,27H,4,17H2,1-3H3/b25-16-/t27-/m1/s1.